The van der Waals surface area contributed by atoms with E-state index in [1.54, 1.807) is 0 Å². The number of hydrogen-bond acceptors (Lipinski definition) is 2. The molecule has 0 atom stereocenters. The number of pyridine rings is 1. The molecular formula is C34H60N2. The van der Waals surface area contributed by atoms with Gasteiger partial charge in [0.2, 0.25) is 0 Å². The van der Waals surface area contributed by atoms with Crippen molar-refractivity contribution in [3.05, 3.63) is 104 Å². The maximum atomic E-state index is 4.11. The van der Waals surface area contributed by atoms with Gasteiger partial charge in [0.1, 0.15) is 0 Å². The topological polar surface area (TPSA) is 24.9 Å². The molecule has 36 heavy (non-hydrogen) atoms. The molecule has 0 saturated carbocycles. The van der Waals surface area contributed by atoms with Gasteiger partial charge in [-0.3, -0.25) is 4.98 Å². The Bertz CT molecular complexity index is 670. The Morgan fingerprint density at radius 3 is 1.97 bits per heavy atom. The Kier molecular flexibility index (Phi) is 39.3. The van der Waals surface area contributed by atoms with Crippen LogP contribution in [0.4, 0.5) is 0 Å². The van der Waals surface area contributed by atoms with E-state index in [4.69, 9.17) is 0 Å². The molecule has 0 radical (unpaired) electrons. The Hall–Kier alpha value is -2.45. The van der Waals surface area contributed by atoms with Crippen LogP contribution in [0.5, 0.6) is 0 Å². The molecule has 1 fully saturated rings. The van der Waals surface area contributed by atoms with Crippen LogP contribution >= 0.6 is 0 Å². The molecule has 2 heteroatoms. The zero-order valence-electron chi connectivity index (χ0n) is 25.3. The summed E-state index contributed by atoms with van der Waals surface area (Å²) < 4.78 is 0. The monoisotopic (exact) mass is 496 g/mol. The third kappa shape index (κ3) is 33.7. The first-order chi connectivity index (χ1) is 17.3. The number of aryl methyl sites for hydroxylation is 2. The third-order valence-electron chi connectivity index (χ3n) is 4.69. The molecule has 0 aliphatic carbocycles. The highest BCUT2D eigenvalue weighted by Crippen LogP contribution is 2.09. The van der Waals surface area contributed by atoms with Crippen molar-refractivity contribution in [3.63, 3.8) is 0 Å². The second-order valence-electron chi connectivity index (χ2n) is 8.63. The van der Waals surface area contributed by atoms with Gasteiger partial charge in [-0.1, -0.05) is 75.6 Å². The van der Waals surface area contributed by atoms with Crippen molar-refractivity contribution < 1.29 is 0 Å². The fraction of sp³-hybridized carbons (Fsp3) is 0.500. The Morgan fingerprint density at radius 2 is 1.58 bits per heavy atom. The van der Waals surface area contributed by atoms with Gasteiger partial charge in [-0.25, -0.2) is 0 Å². The molecule has 0 spiro atoms. The van der Waals surface area contributed by atoms with Crippen molar-refractivity contribution in [2.24, 2.45) is 5.92 Å². The summed E-state index contributed by atoms with van der Waals surface area (Å²) in [5.41, 5.74) is 5.33. The lowest BCUT2D eigenvalue weighted by molar-refractivity contribution is 0.402. The first-order valence-electron chi connectivity index (χ1n) is 13.5. The first-order valence-corrected chi connectivity index (χ1v) is 13.5. The zero-order valence-corrected chi connectivity index (χ0v) is 25.3. The van der Waals surface area contributed by atoms with Gasteiger partial charge < -0.3 is 5.32 Å². The molecule has 0 aromatic carbocycles. The average Bonchev–Trinajstić information content (AvgIpc) is 2.88. The molecule has 1 aliphatic heterocycles. The Labute approximate surface area is 227 Å². The highest BCUT2D eigenvalue weighted by atomic mass is 14.9. The second kappa shape index (κ2) is 34.7. The normalized spacial score (nSPS) is 12.7. The van der Waals surface area contributed by atoms with E-state index < -0.39 is 0 Å². The number of nitrogens with one attached hydrogen (secondary N) is 1. The smallest absolute Gasteiger partial charge is 0.0302 e. The average molecular weight is 497 g/mol. The van der Waals surface area contributed by atoms with Crippen LogP contribution in [0.2, 0.25) is 0 Å². The van der Waals surface area contributed by atoms with Gasteiger partial charge >= 0.3 is 0 Å². The lowest BCUT2D eigenvalue weighted by atomic mass is 10.0. The van der Waals surface area contributed by atoms with E-state index in [1.165, 1.54) is 54.6 Å². The van der Waals surface area contributed by atoms with Crippen molar-refractivity contribution in [1.82, 2.24) is 10.3 Å². The highest BCUT2D eigenvalue weighted by molar-refractivity contribution is 5.23. The van der Waals surface area contributed by atoms with Crippen molar-refractivity contribution in [3.8, 4) is 0 Å². The van der Waals surface area contributed by atoms with E-state index in [1.807, 2.05) is 39.2 Å². The number of rotatable bonds is 6. The maximum Gasteiger partial charge on any atom is 0.0302 e. The van der Waals surface area contributed by atoms with Crippen LogP contribution in [0.3, 0.4) is 0 Å². The van der Waals surface area contributed by atoms with Crippen LogP contribution in [-0.4, -0.2) is 18.1 Å². The van der Waals surface area contributed by atoms with E-state index in [-0.39, 0.29) is 0 Å². The summed E-state index contributed by atoms with van der Waals surface area (Å²) in [6, 6.07) is 2.12. The SMILES string of the molecule is C=C.C=C.C=C(C)C.CC1CCNCC1.CCCc1cnccc1CC.C\C=C/C(C)=C\C=C\CC. The summed E-state index contributed by atoms with van der Waals surface area (Å²) >= 11 is 0. The van der Waals surface area contributed by atoms with Crippen molar-refractivity contribution >= 4 is 0 Å². The van der Waals surface area contributed by atoms with Crippen LogP contribution < -0.4 is 5.32 Å². The molecule has 2 nitrogen and oxygen atoms in total. The van der Waals surface area contributed by atoms with Gasteiger partial charge in [0.05, 0.1) is 0 Å². The Morgan fingerprint density at radius 1 is 1.03 bits per heavy atom. The van der Waals surface area contributed by atoms with E-state index in [2.05, 4.69) is 108 Å². The molecule has 1 aromatic heterocycles. The standard InChI is InChI=1S/C10H15N.C10H16.C6H13N.C4H8.2C2H4/c1-3-5-10-8-11-7-6-9(10)4-2;1-4-6-7-9-10(3)8-5-2;1-6-2-4-7-5-3-6;1-4(2)3;2*1-2/h6-8H,3-5H2,1-2H3;5-9H,4H2,1-3H3;6-7H,2-5H2,1H3;1H2,2-3H3;2*1-2H2/b;7-6+,8-5-,10-9-;;;;. The molecule has 0 amide bonds. The zero-order chi connectivity index (χ0) is 28.6. The number of allylic oxidation sites excluding steroid dienone is 7. The molecule has 1 N–H and O–H groups in total. The largest absolute Gasteiger partial charge is 0.317 e. The summed E-state index contributed by atoms with van der Waals surface area (Å²) in [5.74, 6) is 0.973. The molecule has 206 valence electrons. The maximum absolute atomic E-state index is 4.11. The second-order valence-corrected chi connectivity index (χ2v) is 8.63. The molecule has 1 saturated heterocycles. The van der Waals surface area contributed by atoms with Crippen LogP contribution in [0.25, 0.3) is 0 Å². The summed E-state index contributed by atoms with van der Waals surface area (Å²) in [4.78, 5) is 4.11. The lowest BCUT2D eigenvalue weighted by Crippen LogP contribution is -2.26. The summed E-state index contributed by atoms with van der Waals surface area (Å²) in [6.07, 6.45) is 21.7. The number of aromatic nitrogens is 1. The molecule has 1 aliphatic rings. The minimum Gasteiger partial charge on any atom is -0.317 e. The number of piperidine rings is 1. The van der Waals surface area contributed by atoms with E-state index in [9.17, 15) is 0 Å². The Balaban J connectivity index is -0.000000189. The van der Waals surface area contributed by atoms with E-state index in [0.29, 0.717) is 0 Å². The van der Waals surface area contributed by atoms with Gasteiger partial charge in [0, 0.05) is 12.4 Å². The van der Waals surface area contributed by atoms with Crippen LogP contribution in [0.1, 0.15) is 92.2 Å². The molecular weight excluding hydrogens is 436 g/mol. The third-order valence-corrected chi connectivity index (χ3v) is 4.69. The highest BCUT2D eigenvalue weighted by Gasteiger charge is 2.05. The minimum atomic E-state index is 0.973. The van der Waals surface area contributed by atoms with Crippen LogP contribution in [0, 0.1) is 5.92 Å². The molecule has 2 rings (SSSR count). The van der Waals surface area contributed by atoms with E-state index >= 15 is 0 Å². The van der Waals surface area contributed by atoms with Crippen molar-refractivity contribution in [1.29, 1.82) is 0 Å². The predicted octanol–water partition coefficient (Wildman–Crippen LogP) is 10.3. The van der Waals surface area contributed by atoms with Crippen molar-refractivity contribution in [2.45, 2.75) is 93.9 Å². The first kappa shape index (κ1) is 40.7. The van der Waals surface area contributed by atoms with Gasteiger partial charge in [-0.05, 0) is 96.0 Å². The molecule has 0 unspecified atom stereocenters. The van der Waals surface area contributed by atoms with Crippen molar-refractivity contribution in [2.75, 3.05) is 13.1 Å². The van der Waals surface area contributed by atoms with Gasteiger partial charge in [0.15, 0.2) is 0 Å². The summed E-state index contributed by atoms with van der Waals surface area (Å²) in [7, 11) is 0. The summed E-state index contributed by atoms with van der Waals surface area (Å²) in [5, 5.41) is 3.32. The number of nitrogens with zero attached hydrogens (tertiary/aromatic N) is 1. The summed E-state index contributed by atoms with van der Waals surface area (Å²) in [6.45, 7) is 34.9. The van der Waals surface area contributed by atoms with E-state index in [0.717, 1.165) is 25.2 Å². The van der Waals surface area contributed by atoms with Gasteiger partial charge in [-0.2, -0.15) is 0 Å². The van der Waals surface area contributed by atoms with Gasteiger partial charge in [0.25, 0.3) is 0 Å². The fourth-order valence-electron chi connectivity index (χ4n) is 2.94. The molecule has 0 bridgehead atoms. The lowest BCUT2D eigenvalue weighted by Gasteiger charge is -2.17. The fourth-order valence-corrected chi connectivity index (χ4v) is 2.94. The quantitative estimate of drug-likeness (QED) is 0.313. The minimum absolute atomic E-state index is 0.973. The molecule has 1 aromatic rings. The number of hydrogen-bond donors (Lipinski definition) is 1. The van der Waals surface area contributed by atoms with Crippen LogP contribution in [0.15, 0.2) is 92.9 Å². The van der Waals surface area contributed by atoms with Crippen LogP contribution in [-0.2, 0) is 12.8 Å². The predicted molar refractivity (Wildman–Crippen MR) is 170 cm³/mol. The van der Waals surface area contributed by atoms with Gasteiger partial charge in [-0.15, -0.1) is 32.9 Å². The molecule has 2 heterocycles.